The number of hydrogen-bond donors (Lipinski definition) is 2. The minimum atomic E-state index is -0.602. The first-order chi connectivity index (χ1) is 7.59. The lowest BCUT2D eigenvalue weighted by Crippen LogP contribution is -2.18. The predicted octanol–water partition coefficient (Wildman–Crippen LogP) is 1.07. The van der Waals surface area contributed by atoms with Crippen LogP contribution in [0.25, 0.3) is 0 Å². The zero-order valence-corrected chi connectivity index (χ0v) is 9.20. The van der Waals surface area contributed by atoms with Crippen LogP contribution in [0.2, 0.25) is 0 Å². The monoisotopic (exact) mass is 227 g/mol. The Morgan fingerprint density at radius 1 is 1.06 bits per heavy atom. The number of amides is 2. The average molecular weight is 227 g/mol. The Morgan fingerprint density at radius 2 is 1.56 bits per heavy atom. The van der Waals surface area contributed by atoms with Crippen LogP contribution in [0, 0.1) is 5.92 Å². The minimum absolute atomic E-state index is 0.0289. The van der Waals surface area contributed by atoms with Gasteiger partial charge in [-0.3, -0.25) is 19.7 Å². The molecule has 2 rings (SSSR count). The molecule has 0 spiro atoms. The molecule has 1 saturated heterocycles. The summed E-state index contributed by atoms with van der Waals surface area (Å²) in [4.78, 5) is 30.6. The highest BCUT2D eigenvalue weighted by Crippen LogP contribution is 2.23. The van der Waals surface area contributed by atoms with Gasteiger partial charge in [0.05, 0.1) is 5.92 Å². The molecule has 2 aliphatic rings. The first-order valence-corrected chi connectivity index (χ1v) is 5.65. The lowest BCUT2D eigenvalue weighted by atomic mass is 9.90. The van der Waals surface area contributed by atoms with Gasteiger partial charge < -0.3 is 5.11 Å². The molecule has 2 amide bonds. The Morgan fingerprint density at radius 3 is 1.81 bits per heavy atom. The van der Waals surface area contributed by atoms with E-state index in [1.165, 1.54) is 6.42 Å². The molecular formula is C11H17NO4. The maximum Gasteiger partial charge on any atom is 0.306 e. The van der Waals surface area contributed by atoms with Gasteiger partial charge in [-0.2, -0.15) is 0 Å². The SMILES string of the molecule is O=C(O)C1CCCCC1.O=C1CCC(=O)N1. The molecule has 0 aromatic heterocycles. The van der Waals surface area contributed by atoms with E-state index in [1.807, 2.05) is 0 Å². The molecular weight excluding hydrogens is 210 g/mol. The maximum atomic E-state index is 10.4. The number of rotatable bonds is 1. The Hall–Kier alpha value is -1.39. The van der Waals surface area contributed by atoms with E-state index in [2.05, 4.69) is 5.32 Å². The van der Waals surface area contributed by atoms with Crippen molar-refractivity contribution in [3.63, 3.8) is 0 Å². The number of carboxylic acids is 1. The highest BCUT2D eigenvalue weighted by molar-refractivity contribution is 6.01. The van der Waals surface area contributed by atoms with Crippen molar-refractivity contribution < 1.29 is 19.5 Å². The molecule has 5 nitrogen and oxygen atoms in total. The van der Waals surface area contributed by atoms with Crippen LogP contribution in [0.3, 0.4) is 0 Å². The van der Waals surface area contributed by atoms with E-state index in [4.69, 9.17) is 5.11 Å². The normalized spacial score (nSPS) is 21.0. The molecule has 2 N–H and O–H groups in total. The molecule has 1 aliphatic carbocycles. The molecule has 0 bridgehead atoms. The number of carbonyl (C=O) groups is 3. The summed E-state index contributed by atoms with van der Waals surface area (Å²) in [6.45, 7) is 0. The Balaban J connectivity index is 0.000000165. The molecule has 1 aliphatic heterocycles. The summed E-state index contributed by atoms with van der Waals surface area (Å²) >= 11 is 0. The van der Waals surface area contributed by atoms with Crippen LogP contribution in [0.4, 0.5) is 0 Å². The summed E-state index contributed by atoms with van der Waals surface area (Å²) in [5, 5.41) is 10.7. The van der Waals surface area contributed by atoms with Gasteiger partial charge in [0, 0.05) is 12.8 Å². The first-order valence-electron chi connectivity index (χ1n) is 5.65. The van der Waals surface area contributed by atoms with Crippen molar-refractivity contribution in [2.24, 2.45) is 5.92 Å². The molecule has 1 heterocycles. The average Bonchev–Trinajstić information content (AvgIpc) is 2.65. The summed E-state index contributed by atoms with van der Waals surface area (Å²) < 4.78 is 0. The van der Waals surface area contributed by atoms with Crippen LogP contribution in [0.1, 0.15) is 44.9 Å². The van der Waals surface area contributed by atoms with Crippen LogP contribution in [0.15, 0.2) is 0 Å². The fourth-order valence-electron chi connectivity index (χ4n) is 1.86. The van der Waals surface area contributed by atoms with Gasteiger partial charge in [0.25, 0.3) is 0 Å². The van der Waals surface area contributed by atoms with Crippen molar-refractivity contribution >= 4 is 17.8 Å². The summed E-state index contributed by atoms with van der Waals surface area (Å²) in [7, 11) is 0. The van der Waals surface area contributed by atoms with E-state index < -0.39 is 5.97 Å². The Labute approximate surface area is 94.2 Å². The van der Waals surface area contributed by atoms with Crippen LogP contribution < -0.4 is 5.32 Å². The van der Waals surface area contributed by atoms with Crippen LogP contribution in [0.5, 0.6) is 0 Å². The van der Waals surface area contributed by atoms with Gasteiger partial charge >= 0.3 is 5.97 Å². The summed E-state index contributed by atoms with van der Waals surface area (Å²) in [5.74, 6) is -0.927. The first kappa shape index (κ1) is 12.7. The second kappa shape index (κ2) is 6.25. The summed E-state index contributed by atoms with van der Waals surface area (Å²) in [6, 6.07) is 0. The molecule has 2 fully saturated rings. The van der Waals surface area contributed by atoms with E-state index in [9.17, 15) is 14.4 Å². The molecule has 1 saturated carbocycles. The number of nitrogens with one attached hydrogen (secondary N) is 1. The van der Waals surface area contributed by atoms with Crippen LogP contribution >= 0.6 is 0 Å². The van der Waals surface area contributed by atoms with E-state index >= 15 is 0 Å². The van der Waals surface area contributed by atoms with E-state index in [-0.39, 0.29) is 17.7 Å². The third-order valence-corrected chi connectivity index (χ3v) is 2.81. The van der Waals surface area contributed by atoms with E-state index in [0.29, 0.717) is 12.8 Å². The fraction of sp³-hybridized carbons (Fsp3) is 0.727. The minimum Gasteiger partial charge on any atom is -0.481 e. The highest BCUT2D eigenvalue weighted by Gasteiger charge is 2.19. The second-order valence-corrected chi connectivity index (χ2v) is 4.14. The van der Waals surface area contributed by atoms with E-state index in [0.717, 1.165) is 25.7 Å². The molecule has 90 valence electrons. The van der Waals surface area contributed by atoms with Gasteiger partial charge in [0.1, 0.15) is 0 Å². The topological polar surface area (TPSA) is 83.5 Å². The lowest BCUT2D eigenvalue weighted by Gasteiger charge is -2.16. The lowest BCUT2D eigenvalue weighted by molar-refractivity contribution is -0.142. The second-order valence-electron chi connectivity index (χ2n) is 4.14. The van der Waals surface area contributed by atoms with Crippen molar-refractivity contribution in [2.75, 3.05) is 0 Å². The standard InChI is InChI=1S/C7H12O2.C4H5NO2/c8-7(9)6-4-2-1-3-5-6;6-3-1-2-4(7)5-3/h6H,1-5H2,(H,8,9);1-2H2,(H,5,6,7). The molecule has 0 aromatic rings. The number of carbonyl (C=O) groups excluding carboxylic acids is 2. The van der Waals surface area contributed by atoms with Crippen molar-refractivity contribution in [3.05, 3.63) is 0 Å². The molecule has 0 atom stereocenters. The molecule has 5 heteroatoms. The van der Waals surface area contributed by atoms with Crippen molar-refractivity contribution in [1.29, 1.82) is 0 Å². The fourth-order valence-corrected chi connectivity index (χ4v) is 1.86. The molecule has 0 radical (unpaired) electrons. The zero-order chi connectivity index (χ0) is 12.0. The van der Waals surface area contributed by atoms with Gasteiger partial charge in [0.15, 0.2) is 0 Å². The molecule has 0 unspecified atom stereocenters. The van der Waals surface area contributed by atoms with Crippen LogP contribution in [-0.2, 0) is 14.4 Å². The number of hydrogen-bond acceptors (Lipinski definition) is 3. The van der Waals surface area contributed by atoms with Crippen molar-refractivity contribution in [3.8, 4) is 0 Å². The molecule has 16 heavy (non-hydrogen) atoms. The van der Waals surface area contributed by atoms with E-state index in [1.54, 1.807) is 0 Å². The third kappa shape index (κ3) is 4.42. The number of aliphatic carboxylic acids is 1. The number of imide groups is 1. The van der Waals surface area contributed by atoms with Crippen molar-refractivity contribution in [2.45, 2.75) is 44.9 Å². The Bertz CT molecular complexity index is 268. The van der Waals surface area contributed by atoms with Gasteiger partial charge in [-0.25, -0.2) is 0 Å². The maximum absolute atomic E-state index is 10.4. The van der Waals surface area contributed by atoms with Gasteiger partial charge in [-0.15, -0.1) is 0 Å². The van der Waals surface area contributed by atoms with Gasteiger partial charge in [-0.1, -0.05) is 19.3 Å². The third-order valence-electron chi connectivity index (χ3n) is 2.81. The van der Waals surface area contributed by atoms with Crippen LogP contribution in [-0.4, -0.2) is 22.9 Å². The molecule has 0 aromatic carbocycles. The van der Waals surface area contributed by atoms with Gasteiger partial charge in [-0.05, 0) is 12.8 Å². The zero-order valence-electron chi connectivity index (χ0n) is 9.20. The van der Waals surface area contributed by atoms with Gasteiger partial charge in [0.2, 0.25) is 11.8 Å². The summed E-state index contributed by atoms with van der Waals surface area (Å²) in [5.41, 5.74) is 0. The quantitative estimate of drug-likeness (QED) is 0.656. The predicted molar refractivity (Wildman–Crippen MR) is 56.6 cm³/mol. The largest absolute Gasteiger partial charge is 0.481 e. The smallest absolute Gasteiger partial charge is 0.306 e. The van der Waals surface area contributed by atoms with Crippen molar-refractivity contribution in [1.82, 2.24) is 5.32 Å². The Kier molecular flexibility index (Phi) is 4.95. The number of carboxylic acid groups (broad SMARTS) is 1. The highest BCUT2D eigenvalue weighted by atomic mass is 16.4. The summed E-state index contributed by atoms with van der Waals surface area (Å²) in [6.07, 6.45) is 5.99.